The van der Waals surface area contributed by atoms with Crippen LogP contribution in [0, 0.1) is 6.92 Å². The number of ether oxygens (including phenoxy) is 2. The van der Waals surface area contributed by atoms with E-state index in [4.69, 9.17) is 20.0 Å². The summed E-state index contributed by atoms with van der Waals surface area (Å²) in [6, 6.07) is 10.9. The van der Waals surface area contributed by atoms with E-state index in [1.807, 2.05) is 25.1 Å². The highest BCUT2D eigenvalue weighted by Crippen LogP contribution is 2.32. The van der Waals surface area contributed by atoms with E-state index in [1.165, 1.54) is 25.6 Å². The molecular formula is C19H17N5O3S. The first-order valence-electron chi connectivity index (χ1n) is 8.28. The maximum Gasteiger partial charge on any atom is 0.341 e. The largest absolute Gasteiger partial charge is 0.496 e. The molecule has 0 bridgehead atoms. The van der Waals surface area contributed by atoms with Crippen LogP contribution in [0.3, 0.4) is 0 Å². The Labute approximate surface area is 165 Å². The first-order chi connectivity index (χ1) is 13.6. The lowest BCUT2D eigenvalue weighted by atomic mass is 10.1. The van der Waals surface area contributed by atoms with Gasteiger partial charge in [-0.3, -0.25) is 0 Å². The Kier molecular flexibility index (Phi) is 5.88. The first-order valence-corrected chi connectivity index (χ1v) is 9.10. The predicted octanol–water partition coefficient (Wildman–Crippen LogP) is 4.79. The van der Waals surface area contributed by atoms with E-state index in [2.05, 4.69) is 15.0 Å². The van der Waals surface area contributed by atoms with Gasteiger partial charge in [-0.2, -0.15) is 0 Å². The summed E-state index contributed by atoms with van der Waals surface area (Å²) >= 11 is 1.45. The standard InChI is InChI=1S/C19H17N5O3S/c1-11-18(28-17(22-11)10-21-24-20)15-6-4-5-14(23-15)12-7-8-13(19(25)27-3)16(9-12)26-2/h4-9H,10H2,1-3H3. The highest BCUT2D eigenvalue weighted by molar-refractivity contribution is 7.15. The molecule has 0 aliphatic carbocycles. The highest BCUT2D eigenvalue weighted by atomic mass is 32.1. The molecule has 2 aromatic heterocycles. The maximum atomic E-state index is 11.8. The Hall–Kier alpha value is -3.42. The number of azide groups is 1. The van der Waals surface area contributed by atoms with Gasteiger partial charge < -0.3 is 9.47 Å². The van der Waals surface area contributed by atoms with Gasteiger partial charge >= 0.3 is 5.97 Å². The van der Waals surface area contributed by atoms with Gasteiger partial charge in [0.1, 0.15) is 11.3 Å². The molecule has 0 saturated carbocycles. The van der Waals surface area contributed by atoms with E-state index in [9.17, 15) is 4.79 Å². The molecule has 0 saturated heterocycles. The molecule has 3 rings (SSSR count). The normalized spacial score (nSPS) is 10.2. The third kappa shape index (κ3) is 3.95. The molecule has 0 amide bonds. The number of carbonyl (C=O) groups excluding carboxylic acids is 1. The molecule has 0 spiro atoms. The van der Waals surface area contributed by atoms with Gasteiger partial charge in [0.2, 0.25) is 0 Å². The van der Waals surface area contributed by atoms with E-state index in [1.54, 1.807) is 18.2 Å². The summed E-state index contributed by atoms with van der Waals surface area (Å²) in [5, 5.41) is 4.30. The van der Waals surface area contributed by atoms with Crippen LogP contribution in [0.15, 0.2) is 41.5 Å². The molecule has 0 aliphatic rings. The van der Waals surface area contributed by atoms with E-state index < -0.39 is 5.97 Å². The van der Waals surface area contributed by atoms with Crippen molar-refractivity contribution in [2.75, 3.05) is 14.2 Å². The molecule has 2 heterocycles. The number of rotatable bonds is 6. The lowest BCUT2D eigenvalue weighted by Crippen LogP contribution is -2.04. The molecule has 1 aromatic carbocycles. The number of hydrogen-bond donors (Lipinski definition) is 0. The molecule has 3 aromatic rings. The molecule has 8 nitrogen and oxygen atoms in total. The van der Waals surface area contributed by atoms with Crippen molar-refractivity contribution in [1.82, 2.24) is 9.97 Å². The zero-order valence-corrected chi connectivity index (χ0v) is 16.4. The Morgan fingerprint density at radius 2 is 2.00 bits per heavy atom. The number of methoxy groups -OCH3 is 2. The van der Waals surface area contributed by atoms with E-state index in [0.717, 1.165) is 32.5 Å². The molecule has 0 atom stereocenters. The number of benzene rings is 1. The van der Waals surface area contributed by atoms with Crippen LogP contribution in [0.5, 0.6) is 5.75 Å². The fourth-order valence-corrected chi connectivity index (χ4v) is 3.65. The van der Waals surface area contributed by atoms with Crippen LogP contribution in [0.1, 0.15) is 21.1 Å². The Bertz CT molecular complexity index is 1070. The van der Waals surface area contributed by atoms with Gasteiger partial charge in [-0.1, -0.05) is 17.2 Å². The summed E-state index contributed by atoms with van der Waals surface area (Å²) < 4.78 is 10.1. The summed E-state index contributed by atoms with van der Waals surface area (Å²) in [5.74, 6) is -0.0415. The van der Waals surface area contributed by atoms with Crippen LogP contribution < -0.4 is 4.74 Å². The second-order valence-electron chi connectivity index (χ2n) is 5.73. The number of aryl methyl sites for hydroxylation is 1. The van der Waals surface area contributed by atoms with Gasteiger partial charge in [-0.25, -0.2) is 14.8 Å². The van der Waals surface area contributed by atoms with Gasteiger partial charge in [0.25, 0.3) is 0 Å². The van der Waals surface area contributed by atoms with Gasteiger partial charge in [0.15, 0.2) is 0 Å². The fourth-order valence-electron chi connectivity index (χ4n) is 2.70. The molecule has 142 valence electrons. The molecule has 0 unspecified atom stereocenters. The Morgan fingerprint density at radius 1 is 1.21 bits per heavy atom. The summed E-state index contributed by atoms with van der Waals surface area (Å²) in [7, 11) is 2.83. The summed E-state index contributed by atoms with van der Waals surface area (Å²) in [6.45, 7) is 2.11. The molecule has 0 N–H and O–H groups in total. The number of carbonyl (C=O) groups is 1. The number of pyridine rings is 1. The number of esters is 1. The number of aromatic nitrogens is 2. The first kappa shape index (κ1) is 19.3. The smallest absolute Gasteiger partial charge is 0.341 e. The van der Waals surface area contributed by atoms with Crippen LogP contribution in [-0.4, -0.2) is 30.2 Å². The van der Waals surface area contributed by atoms with Crippen LogP contribution in [-0.2, 0) is 11.3 Å². The van der Waals surface area contributed by atoms with Gasteiger partial charge in [-0.05, 0) is 36.7 Å². The molecule has 0 aliphatic heterocycles. The minimum Gasteiger partial charge on any atom is -0.496 e. The third-order valence-corrected chi connectivity index (χ3v) is 5.16. The van der Waals surface area contributed by atoms with E-state index in [-0.39, 0.29) is 6.54 Å². The van der Waals surface area contributed by atoms with Crippen molar-refractivity contribution < 1.29 is 14.3 Å². The van der Waals surface area contributed by atoms with E-state index >= 15 is 0 Å². The lowest BCUT2D eigenvalue weighted by molar-refractivity contribution is 0.0597. The Balaban J connectivity index is 1.99. The highest BCUT2D eigenvalue weighted by Gasteiger charge is 2.15. The molecule has 0 radical (unpaired) electrons. The van der Waals surface area contributed by atoms with Crippen molar-refractivity contribution in [3.63, 3.8) is 0 Å². The number of hydrogen-bond acceptors (Lipinski definition) is 7. The van der Waals surface area contributed by atoms with E-state index in [0.29, 0.717) is 11.3 Å². The molecule has 28 heavy (non-hydrogen) atoms. The van der Waals surface area contributed by atoms with Crippen LogP contribution in [0.2, 0.25) is 0 Å². The molecule has 9 heteroatoms. The molecular weight excluding hydrogens is 378 g/mol. The van der Waals surface area contributed by atoms with Crippen molar-refractivity contribution >= 4 is 17.3 Å². The SMILES string of the molecule is COC(=O)c1ccc(-c2cccc(-c3sc(CN=[N+]=[N-])nc3C)n2)cc1OC. The molecule has 0 fully saturated rings. The van der Waals surface area contributed by atoms with Crippen molar-refractivity contribution in [3.05, 3.63) is 63.1 Å². The van der Waals surface area contributed by atoms with Crippen LogP contribution in [0.25, 0.3) is 32.3 Å². The lowest BCUT2D eigenvalue weighted by Gasteiger charge is -2.10. The number of thiazole rings is 1. The minimum absolute atomic E-state index is 0.216. The average Bonchev–Trinajstić information content (AvgIpc) is 3.11. The Morgan fingerprint density at radius 3 is 2.71 bits per heavy atom. The third-order valence-electron chi connectivity index (χ3n) is 3.99. The van der Waals surface area contributed by atoms with Gasteiger partial charge in [0, 0.05) is 10.5 Å². The van der Waals surface area contributed by atoms with Gasteiger partial charge in [0.05, 0.1) is 47.7 Å². The van der Waals surface area contributed by atoms with Crippen LogP contribution in [0.4, 0.5) is 0 Å². The monoisotopic (exact) mass is 395 g/mol. The van der Waals surface area contributed by atoms with Crippen LogP contribution >= 0.6 is 11.3 Å². The quantitative estimate of drug-likeness (QED) is 0.258. The second kappa shape index (κ2) is 8.51. The zero-order chi connectivity index (χ0) is 20.1. The van der Waals surface area contributed by atoms with Gasteiger partial charge in [-0.15, -0.1) is 11.3 Å². The van der Waals surface area contributed by atoms with Crippen molar-refractivity contribution in [1.29, 1.82) is 0 Å². The number of nitrogens with zero attached hydrogens (tertiary/aromatic N) is 5. The second-order valence-corrected chi connectivity index (χ2v) is 6.81. The topological polar surface area (TPSA) is 110 Å². The van der Waals surface area contributed by atoms with Crippen molar-refractivity contribution in [2.45, 2.75) is 13.5 Å². The average molecular weight is 395 g/mol. The predicted molar refractivity (Wildman–Crippen MR) is 106 cm³/mol. The maximum absolute atomic E-state index is 11.8. The summed E-state index contributed by atoms with van der Waals surface area (Å²) in [4.78, 5) is 24.7. The van der Waals surface area contributed by atoms with Crippen molar-refractivity contribution in [2.24, 2.45) is 5.11 Å². The summed E-state index contributed by atoms with van der Waals surface area (Å²) in [5.41, 5.74) is 12.0. The zero-order valence-electron chi connectivity index (χ0n) is 15.5. The minimum atomic E-state index is -0.460. The summed E-state index contributed by atoms with van der Waals surface area (Å²) in [6.07, 6.45) is 0. The fraction of sp³-hybridized carbons (Fsp3) is 0.211. The van der Waals surface area contributed by atoms with Crippen molar-refractivity contribution in [3.8, 4) is 27.6 Å².